The Balaban J connectivity index is 1.04. The van der Waals surface area contributed by atoms with Gasteiger partial charge in [-0.25, -0.2) is 14.6 Å². The maximum absolute atomic E-state index is 6.44. The van der Waals surface area contributed by atoms with E-state index in [9.17, 15) is 0 Å². The number of tetrazole rings is 1. The second-order valence-electron chi connectivity index (χ2n) is 11.4. The van der Waals surface area contributed by atoms with E-state index >= 15 is 0 Å². The Morgan fingerprint density at radius 2 is 1.85 bits per heavy atom. The van der Waals surface area contributed by atoms with Crippen molar-refractivity contribution in [1.82, 2.24) is 49.8 Å². The van der Waals surface area contributed by atoms with Crippen LogP contribution in [0.25, 0.3) is 11.1 Å². The predicted molar refractivity (Wildman–Crippen MR) is 166 cm³/mol. The van der Waals surface area contributed by atoms with Crippen LogP contribution in [0.1, 0.15) is 38.6 Å². The van der Waals surface area contributed by atoms with Crippen molar-refractivity contribution in [3.8, 4) is 28.8 Å². The lowest BCUT2D eigenvalue weighted by Crippen LogP contribution is -2.45. The molecule has 1 aromatic carbocycles. The highest BCUT2D eigenvalue weighted by Gasteiger charge is 2.29. The number of hydrogen-bond acceptors (Lipinski definition) is 13. The number of anilines is 2. The molecule has 1 N–H and O–H groups in total. The molecular formula is C30H34ClN11O4. The van der Waals surface area contributed by atoms with E-state index in [-0.39, 0.29) is 18.2 Å². The highest BCUT2D eigenvalue weighted by atomic mass is 35.5. The van der Waals surface area contributed by atoms with Crippen LogP contribution >= 0.6 is 11.6 Å². The first kappa shape index (κ1) is 30.1. The van der Waals surface area contributed by atoms with E-state index in [2.05, 4.69) is 40.7 Å². The number of oxazole rings is 1. The second kappa shape index (κ2) is 13.8. The molecule has 1 saturated carbocycles. The molecular weight excluding hydrogens is 614 g/mol. The van der Waals surface area contributed by atoms with Crippen LogP contribution in [-0.2, 0) is 11.3 Å². The van der Waals surface area contributed by atoms with E-state index in [0.29, 0.717) is 40.9 Å². The second-order valence-corrected chi connectivity index (χ2v) is 11.8. The molecule has 1 aliphatic heterocycles. The number of halogens is 1. The number of nitrogens with zero attached hydrogens (tertiary/aromatic N) is 10. The summed E-state index contributed by atoms with van der Waals surface area (Å²) in [6, 6.07) is 6.39. The quantitative estimate of drug-likeness (QED) is 0.209. The van der Waals surface area contributed by atoms with Crippen LogP contribution in [0.5, 0.6) is 17.7 Å². The number of nitrogens with one attached hydrogen (secondary N) is 1. The Bertz CT molecular complexity index is 1680. The Labute approximate surface area is 269 Å². The van der Waals surface area contributed by atoms with E-state index in [4.69, 9.17) is 35.3 Å². The fraction of sp³-hybridized carbons (Fsp3) is 0.433. The Morgan fingerprint density at radius 1 is 1.04 bits per heavy atom. The Morgan fingerprint density at radius 3 is 2.59 bits per heavy atom. The third-order valence-electron chi connectivity index (χ3n) is 8.22. The van der Waals surface area contributed by atoms with E-state index in [0.717, 1.165) is 63.1 Å². The van der Waals surface area contributed by atoms with Crippen molar-refractivity contribution >= 4 is 23.2 Å². The fourth-order valence-electron chi connectivity index (χ4n) is 5.91. The van der Waals surface area contributed by atoms with Gasteiger partial charge in [0, 0.05) is 37.1 Å². The van der Waals surface area contributed by atoms with Crippen LogP contribution in [0.3, 0.4) is 0 Å². The average Bonchev–Trinajstić information content (AvgIpc) is 3.87. The van der Waals surface area contributed by atoms with Gasteiger partial charge in [-0.15, -0.1) is 10.2 Å². The number of hydrogen-bond donors (Lipinski definition) is 1. The molecule has 1 saturated heterocycles. The van der Waals surface area contributed by atoms with Gasteiger partial charge in [0.2, 0.25) is 5.95 Å². The lowest BCUT2D eigenvalue weighted by molar-refractivity contribution is 0.00503. The largest absolute Gasteiger partial charge is 0.487 e. The minimum atomic E-state index is -0.215. The molecule has 1 aliphatic carbocycles. The van der Waals surface area contributed by atoms with Crippen LogP contribution in [0.2, 0.25) is 5.02 Å². The Kier molecular flexibility index (Phi) is 9.03. The minimum Gasteiger partial charge on any atom is -0.487 e. The first-order valence-corrected chi connectivity index (χ1v) is 15.7. The third-order valence-corrected chi connectivity index (χ3v) is 8.53. The van der Waals surface area contributed by atoms with Crippen molar-refractivity contribution in [1.29, 1.82) is 0 Å². The van der Waals surface area contributed by atoms with Gasteiger partial charge in [0.1, 0.15) is 30.1 Å². The highest BCUT2D eigenvalue weighted by Crippen LogP contribution is 2.36. The first-order valence-electron chi connectivity index (χ1n) is 15.3. The molecule has 240 valence electrons. The van der Waals surface area contributed by atoms with Crippen molar-refractivity contribution < 1.29 is 18.6 Å². The molecule has 2 fully saturated rings. The molecule has 1 atom stereocenters. The predicted octanol–water partition coefficient (Wildman–Crippen LogP) is 4.79. The van der Waals surface area contributed by atoms with Gasteiger partial charge in [0.25, 0.3) is 5.88 Å². The monoisotopic (exact) mass is 647 g/mol. The molecule has 16 heteroatoms. The summed E-state index contributed by atoms with van der Waals surface area (Å²) in [6.07, 6.45) is 14.1. The molecule has 2 aliphatic rings. The normalized spacial score (nSPS) is 19.5. The van der Waals surface area contributed by atoms with Crippen molar-refractivity contribution in [2.45, 2.75) is 57.3 Å². The summed E-state index contributed by atoms with van der Waals surface area (Å²) < 4.78 is 26.4. The number of aromatic nitrogens is 9. The summed E-state index contributed by atoms with van der Waals surface area (Å²) in [6.45, 7) is 6.05. The van der Waals surface area contributed by atoms with E-state index in [1.807, 2.05) is 29.9 Å². The summed E-state index contributed by atoms with van der Waals surface area (Å²) in [4.78, 5) is 15.8. The number of benzene rings is 1. The van der Waals surface area contributed by atoms with Crippen LogP contribution < -0.4 is 14.8 Å². The molecule has 0 spiro atoms. The molecule has 46 heavy (non-hydrogen) atoms. The van der Waals surface area contributed by atoms with Gasteiger partial charge in [0.15, 0.2) is 0 Å². The summed E-state index contributed by atoms with van der Waals surface area (Å²) in [5.41, 5.74) is 2.26. The molecule has 7 rings (SSSR count). The zero-order valence-electron chi connectivity index (χ0n) is 25.3. The van der Waals surface area contributed by atoms with Gasteiger partial charge in [-0.05, 0) is 60.7 Å². The summed E-state index contributed by atoms with van der Waals surface area (Å²) >= 11 is 6.44. The van der Waals surface area contributed by atoms with Crippen molar-refractivity contribution in [2.24, 2.45) is 0 Å². The van der Waals surface area contributed by atoms with Crippen LogP contribution in [0, 0.1) is 0 Å². The molecule has 4 aromatic heterocycles. The average molecular weight is 648 g/mol. The van der Waals surface area contributed by atoms with E-state index in [1.54, 1.807) is 23.1 Å². The summed E-state index contributed by atoms with van der Waals surface area (Å²) in [5, 5.41) is 19.7. The van der Waals surface area contributed by atoms with Crippen molar-refractivity contribution in [3.63, 3.8) is 0 Å². The summed E-state index contributed by atoms with van der Waals surface area (Å²) in [5.74, 6) is 1.26. The first-order chi connectivity index (χ1) is 22.6. The van der Waals surface area contributed by atoms with Crippen LogP contribution in [-0.4, -0.2) is 88.3 Å². The van der Waals surface area contributed by atoms with E-state index < -0.39 is 0 Å². The molecule has 0 unspecified atom stereocenters. The summed E-state index contributed by atoms with van der Waals surface area (Å²) in [7, 11) is 0. The Hall–Kier alpha value is -4.60. The SMILES string of the molecule is C[C@@H](Cn1cnnn1)Oc1cc(-c2cnc(Nc3cn(C4CCC(N5CCOCC5)CC4)nc3Oc3ncco3)nc2)ccc1Cl. The van der Waals surface area contributed by atoms with E-state index in [1.165, 1.54) is 18.8 Å². The van der Waals surface area contributed by atoms with Crippen molar-refractivity contribution in [3.05, 3.63) is 60.6 Å². The maximum atomic E-state index is 6.44. The number of ether oxygens (including phenoxy) is 3. The molecule has 5 heterocycles. The van der Waals surface area contributed by atoms with Gasteiger partial charge in [-0.2, -0.15) is 4.98 Å². The van der Waals surface area contributed by atoms with Crippen molar-refractivity contribution in [2.75, 3.05) is 31.6 Å². The van der Waals surface area contributed by atoms with Crippen LogP contribution in [0.4, 0.5) is 11.6 Å². The zero-order chi connectivity index (χ0) is 31.3. The third kappa shape index (κ3) is 7.11. The molecule has 0 amide bonds. The standard InChI is InChI=1S/C30H34ClN11O4/c1-20(17-41-19-35-38-39-41)45-27-14-21(2-7-25(27)31)22-15-33-29(34-16-22)36-26-18-42(37-28(26)46-30-32-8-11-44-30)24-5-3-23(4-6-24)40-9-12-43-13-10-40/h2,7-8,11,14-16,18-20,23-24H,3-6,9-10,12-13,17H2,1H3,(H,33,34,36)/t20-,23?,24?/m0/s1. The molecule has 15 nitrogen and oxygen atoms in total. The number of morpholine rings is 1. The van der Waals surface area contributed by atoms with Gasteiger partial charge >= 0.3 is 6.08 Å². The lowest BCUT2D eigenvalue weighted by atomic mass is 9.90. The molecule has 5 aromatic rings. The van der Waals surface area contributed by atoms with Gasteiger partial charge in [0.05, 0.1) is 43.2 Å². The topological polar surface area (TPSA) is 156 Å². The maximum Gasteiger partial charge on any atom is 0.400 e. The van der Waals surface area contributed by atoms with Gasteiger partial charge < -0.3 is 23.9 Å². The van der Waals surface area contributed by atoms with Gasteiger partial charge in [-0.3, -0.25) is 9.58 Å². The zero-order valence-corrected chi connectivity index (χ0v) is 26.0. The highest BCUT2D eigenvalue weighted by molar-refractivity contribution is 6.32. The molecule has 0 bridgehead atoms. The molecule has 0 radical (unpaired) electrons. The van der Waals surface area contributed by atoms with Crippen LogP contribution in [0.15, 0.2) is 60.0 Å². The smallest absolute Gasteiger partial charge is 0.400 e. The minimum absolute atomic E-state index is 0.105. The van der Waals surface area contributed by atoms with Gasteiger partial charge in [-0.1, -0.05) is 17.7 Å². The fourth-order valence-corrected chi connectivity index (χ4v) is 6.08. The number of rotatable bonds is 11. The lowest BCUT2D eigenvalue weighted by Gasteiger charge is -2.38.